The molecule has 0 bridgehead atoms. The third-order valence-corrected chi connectivity index (χ3v) is 0.691. The molecule has 10 heavy (non-hydrogen) atoms. The topological polar surface area (TPSA) is 90.1 Å². The lowest BCUT2D eigenvalue weighted by Crippen LogP contribution is -2.14. The number of nitrogens with zero attached hydrogens (tertiary/aromatic N) is 1. The van der Waals surface area contributed by atoms with Crippen molar-refractivity contribution in [1.82, 2.24) is 0 Å². The summed E-state index contributed by atoms with van der Waals surface area (Å²) < 4.78 is 0. The van der Waals surface area contributed by atoms with Gasteiger partial charge < -0.3 is 15.3 Å². The van der Waals surface area contributed by atoms with Gasteiger partial charge >= 0.3 is 5.97 Å². The lowest BCUT2D eigenvalue weighted by Gasteiger charge is -1.95. The molecule has 0 aromatic heterocycles. The molecule has 0 aliphatic carbocycles. The Morgan fingerprint density at radius 3 is 2.70 bits per heavy atom. The smallest absolute Gasteiger partial charge is 0.325 e. The molecule has 0 radical (unpaired) electrons. The van der Waals surface area contributed by atoms with Crippen LogP contribution < -0.4 is 0 Å². The van der Waals surface area contributed by atoms with Gasteiger partial charge in [-0.05, 0) is 0 Å². The molecule has 0 saturated heterocycles. The van der Waals surface area contributed by atoms with Crippen LogP contribution in [-0.2, 0) is 4.79 Å². The Labute approximate surface area is 57.6 Å². The van der Waals surface area contributed by atoms with Crippen LogP contribution in [0.5, 0.6) is 0 Å². The summed E-state index contributed by atoms with van der Waals surface area (Å²) in [6.45, 7) is -0.819. The van der Waals surface area contributed by atoms with E-state index in [0.29, 0.717) is 0 Å². The third-order valence-electron chi connectivity index (χ3n) is 0.691. The molecule has 58 valence electrons. The molecule has 0 spiro atoms. The molecule has 3 N–H and O–H groups in total. The predicted molar refractivity (Wildman–Crippen MR) is 34.1 cm³/mol. The number of aliphatic carboxylic acids is 1. The molecular formula is C5H9NO4. The molecule has 0 amide bonds. The minimum atomic E-state index is -1.07. The first kappa shape index (κ1) is 9.06. The standard InChI is InChI=1S/C5H9NO4/c7-3-4(8)1-6-2-5(9)10/h1,4,7-8H,2-3H2,(H,9,10). The third kappa shape index (κ3) is 5.20. The number of hydrogen-bond donors (Lipinski definition) is 3. The van der Waals surface area contributed by atoms with E-state index in [1.165, 1.54) is 0 Å². The largest absolute Gasteiger partial charge is 0.480 e. The molecule has 5 nitrogen and oxygen atoms in total. The minimum absolute atomic E-state index is 0.378. The van der Waals surface area contributed by atoms with E-state index >= 15 is 0 Å². The maximum absolute atomic E-state index is 9.81. The highest BCUT2D eigenvalue weighted by atomic mass is 16.4. The first-order chi connectivity index (χ1) is 4.66. The number of carbonyl (C=O) groups is 1. The summed E-state index contributed by atoms with van der Waals surface area (Å²) in [6, 6.07) is 0. The second-order valence-electron chi connectivity index (χ2n) is 1.63. The van der Waals surface area contributed by atoms with Crippen molar-refractivity contribution in [3.05, 3.63) is 0 Å². The van der Waals surface area contributed by atoms with Gasteiger partial charge in [0.2, 0.25) is 0 Å². The summed E-state index contributed by atoms with van der Waals surface area (Å²) in [5, 5.41) is 24.8. The fourth-order valence-electron chi connectivity index (χ4n) is 0.300. The summed E-state index contributed by atoms with van der Waals surface area (Å²) in [5.41, 5.74) is 0. The lowest BCUT2D eigenvalue weighted by atomic mass is 10.4. The van der Waals surface area contributed by atoms with E-state index in [0.717, 1.165) is 6.21 Å². The summed E-state index contributed by atoms with van der Waals surface area (Å²) in [6.07, 6.45) is -0.0620. The fourth-order valence-corrected chi connectivity index (χ4v) is 0.300. The normalized spacial score (nSPS) is 13.8. The zero-order chi connectivity index (χ0) is 7.98. The zero-order valence-electron chi connectivity index (χ0n) is 5.27. The SMILES string of the molecule is O=C(O)CN=CC(O)CO. The monoisotopic (exact) mass is 147 g/mol. The van der Waals surface area contributed by atoms with Crippen molar-refractivity contribution in [3.8, 4) is 0 Å². The predicted octanol–water partition coefficient (Wildman–Crippen LogP) is -1.50. The van der Waals surface area contributed by atoms with Crippen molar-refractivity contribution in [2.75, 3.05) is 13.2 Å². The zero-order valence-corrected chi connectivity index (χ0v) is 5.27. The molecule has 1 unspecified atom stereocenters. The van der Waals surface area contributed by atoms with Gasteiger partial charge in [0.05, 0.1) is 6.61 Å². The number of aliphatic hydroxyl groups is 2. The number of carboxylic acids is 1. The Balaban J connectivity index is 3.45. The van der Waals surface area contributed by atoms with E-state index in [9.17, 15) is 4.79 Å². The van der Waals surface area contributed by atoms with Crippen molar-refractivity contribution in [2.45, 2.75) is 6.10 Å². The Morgan fingerprint density at radius 2 is 2.30 bits per heavy atom. The molecular weight excluding hydrogens is 138 g/mol. The van der Waals surface area contributed by atoms with Crippen LogP contribution in [0.1, 0.15) is 0 Å². The van der Waals surface area contributed by atoms with Crippen LogP contribution >= 0.6 is 0 Å². The van der Waals surface area contributed by atoms with Gasteiger partial charge in [0.1, 0.15) is 12.6 Å². The Hall–Kier alpha value is -0.940. The lowest BCUT2D eigenvalue weighted by molar-refractivity contribution is -0.135. The summed E-state index contributed by atoms with van der Waals surface area (Å²) in [4.78, 5) is 13.1. The quantitative estimate of drug-likeness (QED) is 0.422. The molecule has 1 atom stereocenters. The van der Waals surface area contributed by atoms with Crippen LogP contribution in [0, 0.1) is 0 Å². The van der Waals surface area contributed by atoms with Gasteiger partial charge in [-0.25, -0.2) is 0 Å². The van der Waals surface area contributed by atoms with Gasteiger partial charge in [-0.1, -0.05) is 0 Å². The molecule has 0 aromatic carbocycles. The number of rotatable bonds is 4. The van der Waals surface area contributed by atoms with Gasteiger partial charge in [0.25, 0.3) is 0 Å². The van der Waals surface area contributed by atoms with Crippen LogP contribution in [0.2, 0.25) is 0 Å². The van der Waals surface area contributed by atoms with E-state index in [1.54, 1.807) is 0 Å². The highest BCUT2D eigenvalue weighted by Gasteiger charge is 1.95. The van der Waals surface area contributed by atoms with Gasteiger partial charge in [0, 0.05) is 6.21 Å². The van der Waals surface area contributed by atoms with Crippen molar-refractivity contribution in [2.24, 2.45) is 4.99 Å². The molecule has 0 heterocycles. The maximum Gasteiger partial charge on any atom is 0.325 e. The van der Waals surface area contributed by atoms with Crippen molar-refractivity contribution < 1.29 is 20.1 Å². The number of aliphatic imine (C=N–C) groups is 1. The van der Waals surface area contributed by atoms with Crippen LogP contribution in [-0.4, -0.2) is 46.8 Å². The molecule has 0 aliphatic heterocycles. The van der Waals surface area contributed by atoms with E-state index in [1.807, 2.05) is 0 Å². The van der Waals surface area contributed by atoms with E-state index in [-0.39, 0.29) is 6.54 Å². The molecule has 0 aliphatic rings. The molecule has 0 fully saturated rings. The van der Waals surface area contributed by atoms with Crippen LogP contribution in [0.4, 0.5) is 0 Å². The average Bonchev–Trinajstić information content (AvgIpc) is 1.87. The first-order valence-corrected chi connectivity index (χ1v) is 2.67. The van der Waals surface area contributed by atoms with Gasteiger partial charge in [-0.2, -0.15) is 0 Å². The summed E-state index contributed by atoms with van der Waals surface area (Å²) in [5.74, 6) is -1.07. The number of aliphatic hydroxyl groups excluding tert-OH is 2. The molecule has 0 saturated carbocycles. The van der Waals surface area contributed by atoms with Crippen molar-refractivity contribution >= 4 is 12.2 Å². The van der Waals surface area contributed by atoms with E-state index < -0.39 is 18.7 Å². The first-order valence-electron chi connectivity index (χ1n) is 2.67. The average molecular weight is 147 g/mol. The van der Waals surface area contributed by atoms with Gasteiger partial charge in [-0.15, -0.1) is 0 Å². The van der Waals surface area contributed by atoms with Gasteiger partial charge in [0.15, 0.2) is 0 Å². The summed E-state index contributed by atoms with van der Waals surface area (Å²) in [7, 11) is 0. The maximum atomic E-state index is 9.81. The van der Waals surface area contributed by atoms with Gasteiger partial charge in [-0.3, -0.25) is 9.79 Å². The molecule has 0 aromatic rings. The van der Waals surface area contributed by atoms with Crippen molar-refractivity contribution in [3.63, 3.8) is 0 Å². The van der Waals surface area contributed by atoms with Crippen LogP contribution in [0.3, 0.4) is 0 Å². The number of carboxylic acid groups (broad SMARTS) is 1. The summed E-state index contributed by atoms with van der Waals surface area (Å²) >= 11 is 0. The van der Waals surface area contributed by atoms with Crippen LogP contribution in [0.15, 0.2) is 4.99 Å². The highest BCUT2D eigenvalue weighted by molar-refractivity contribution is 5.73. The van der Waals surface area contributed by atoms with Crippen molar-refractivity contribution in [1.29, 1.82) is 0 Å². The second kappa shape index (κ2) is 4.89. The fraction of sp³-hybridized carbons (Fsp3) is 0.600. The highest BCUT2D eigenvalue weighted by Crippen LogP contribution is 1.75. The molecule has 0 rings (SSSR count). The molecule has 5 heteroatoms. The second-order valence-corrected chi connectivity index (χ2v) is 1.63. The van der Waals surface area contributed by atoms with E-state index in [4.69, 9.17) is 15.3 Å². The number of hydrogen-bond acceptors (Lipinski definition) is 4. The Bertz CT molecular complexity index is 134. The minimum Gasteiger partial charge on any atom is -0.480 e. The Morgan fingerprint density at radius 1 is 1.70 bits per heavy atom. The Kier molecular flexibility index (Phi) is 4.43. The van der Waals surface area contributed by atoms with Crippen LogP contribution in [0.25, 0.3) is 0 Å². The van der Waals surface area contributed by atoms with E-state index in [2.05, 4.69) is 4.99 Å².